The van der Waals surface area contributed by atoms with E-state index >= 15 is 0 Å². The van der Waals surface area contributed by atoms with E-state index in [-0.39, 0.29) is 5.69 Å². The Morgan fingerprint density at radius 3 is 3.29 bits per heavy atom. The van der Waals surface area contributed by atoms with Gasteiger partial charge in [0.15, 0.2) is 5.69 Å². The number of aromatic nitrogens is 3. The highest BCUT2D eigenvalue weighted by Gasteiger charge is 2.20. The summed E-state index contributed by atoms with van der Waals surface area (Å²) in [5.41, 5.74) is 0.282. The molecule has 0 bridgehead atoms. The van der Waals surface area contributed by atoms with Crippen LogP contribution in [0.5, 0.6) is 0 Å². The van der Waals surface area contributed by atoms with Gasteiger partial charge in [-0.25, -0.2) is 9.48 Å². The van der Waals surface area contributed by atoms with Gasteiger partial charge in [0.1, 0.15) is 0 Å². The standard InChI is InChI=1S/C8H11N3O2S/c1-13-8(12)7-4-11(10-9-7)6-2-3-14-5-6/h4,6H,2-3,5H2,1H3. The molecule has 0 saturated carbocycles. The summed E-state index contributed by atoms with van der Waals surface area (Å²) >= 11 is 1.90. The van der Waals surface area contributed by atoms with Crippen LogP contribution in [0.15, 0.2) is 6.20 Å². The van der Waals surface area contributed by atoms with Crippen molar-refractivity contribution in [2.75, 3.05) is 18.6 Å². The summed E-state index contributed by atoms with van der Waals surface area (Å²) in [6.07, 6.45) is 2.75. The van der Waals surface area contributed by atoms with Crippen LogP contribution < -0.4 is 0 Å². The molecule has 5 nitrogen and oxygen atoms in total. The minimum atomic E-state index is -0.429. The van der Waals surface area contributed by atoms with Crippen LogP contribution in [-0.2, 0) is 4.74 Å². The predicted molar refractivity (Wildman–Crippen MR) is 52.3 cm³/mol. The molecule has 1 fully saturated rings. The molecule has 1 aromatic heterocycles. The first-order chi connectivity index (χ1) is 6.81. The van der Waals surface area contributed by atoms with Crippen molar-refractivity contribution in [3.05, 3.63) is 11.9 Å². The first-order valence-corrected chi connectivity index (χ1v) is 5.54. The van der Waals surface area contributed by atoms with Crippen molar-refractivity contribution in [2.45, 2.75) is 12.5 Å². The van der Waals surface area contributed by atoms with Gasteiger partial charge in [0, 0.05) is 5.75 Å². The monoisotopic (exact) mass is 213 g/mol. The lowest BCUT2D eigenvalue weighted by Gasteiger charge is -2.05. The summed E-state index contributed by atoms with van der Waals surface area (Å²) in [4.78, 5) is 11.1. The minimum absolute atomic E-state index is 0.282. The SMILES string of the molecule is COC(=O)c1cn(C2CCSC2)nn1. The third-order valence-electron chi connectivity index (χ3n) is 2.18. The zero-order chi connectivity index (χ0) is 9.97. The molecule has 6 heteroatoms. The third kappa shape index (κ3) is 1.75. The smallest absolute Gasteiger partial charge is 0.360 e. The van der Waals surface area contributed by atoms with E-state index < -0.39 is 5.97 Å². The number of rotatable bonds is 2. The van der Waals surface area contributed by atoms with E-state index in [1.54, 1.807) is 10.9 Å². The number of ether oxygens (including phenoxy) is 1. The molecule has 2 heterocycles. The fourth-order valence-corrected chi connectivity index (χ4v) is 2.58. The van der Waals surface area contributed by atoms with Gasteiger partial charge in [0.25, 0.3) is 0 Å². The molecule has 0 aliphatic carbocycles. The van der Waals surface area contributed by atoms with Crippen molar-refractivity contribution in [1.82, 2.24) is 15.0 Å². The van der Waals surface area contributed by atoms with Crippen LogP contribution in [0.25, 0.3) is 0 Å². The summed E-state index contributed by atoms with van der Waals surface area (Å²) in [6.45, 7) is 0. The third-order valence-corrected chi connectivity index (χ3v) is 3.33. The second kappa shape index (κ2) is 4.00. The molecule has 0 radical (unpaired) electrons. The quantitative estimate of drug-likeness (QED) is 0.678. The molecule has 1 aromatic rings. The van der Waals surface area contributed by atoms with Gasteiger partial charge < -0.3 is 4.74 Å². The van der Waals surface area contributed by atoms with E-state index in [1.807, 2.05) is 11.8 Å². The Kier molecular flexibility index (Phi) is 2.72. The van der Waals surface area contributed by atoms with Crippen LogP contribution in [0.2, 0.25) is 0 Å². The van der Waals surface area contributed by atoms with Crippen LogP contribution >= 0.6 is 11.8 Å². The average molecular weight is 213 g/mol. The van der Waals surface area contributed by atoms with Crippen LogP contribution in [0.3, 0.4) is 0 Å². The number of carbonyl (C=O) groups is 1. The van der Waals surface area contributed by atoms with Crippen molar-refractivity contribution in [3.8, 4) is 0 Å². The van der Waals surface area contributed by atoms with Gasteiger partial charge in [-0.05, 0) is 12.2 Å². The molecule has 0 spiro atoms. The molecule has 76 valence electrons. The molecular weight excluding hydrogens is 202 g/mol. The van der Waals surface area contributed by atoms with Gasteiger partial charge in [-0.1, -0.05) is 5.21 Å². The summed E-state index contributed by atoms with van der Waals surface area (Å²) in [5, 5.41) is 7.68. The molecule has 14 heavy (non-hydrogen) atoms. The highest BCUT2D eigenvalue weighted by atomic mass is 32.2. The Morgan fingerprint density at radius 2 is 2.64 bits per heavy atom. The molecule has 2 rings (SSSR count). The molecule has 1 aliphatic rings. The second-order valence-corrected chi connectivity index (χ2v) is 4.24. The number of nitrogens with zero attached hydrogens (tertiary/aromatic N) is 3. The zero-order valence-corrected chi connectivity index (χ0v) is 8.66. The van der Waals surface area contributed by atoms with Crippen molar-refractivity contribution in [2.24, 2.45) is 0 Å². The van der Waals surface area contributed by atoms with E-state index in [2.05, 4.69) is 15.0 Å². The summed E-state index contributed by atoms with van der Waals surface area (Å²) in [6, 6.07) is 0.380. The van der Waals surface area contributed by atoms with Crippen LogP contribution in [0.1, 0.15) is 23.0 Å². The lowest BCUT2D eigenvalue weighted by molar-refractivity contribution is 0.0594. The van der Waals surface area contributed by atoms with E-state index in [1.165, 1.54) is 7.11 Å². The second-order valence-electron chi connectivity index (χ2n) is 3.09. The number of thioether (sulfide) groups is 1. The van der Waals surface area contributed by atoms with Crippen molar-refractivity contribution < 1.29 is 9.53 Å². The Morgan fingerprint density at radius 1 is 1.79 bits per heavy atom. The van der Waals surface area contributed by atoms with E-state index in [0.29, 0.717) is 6.04 Å². The van der Waals surface area contributed by atoms with Gasteiger partial charge >= 0.3 is 5.97 Å². The molecule has 0 aromatic carbocycles. The first-order valence-electron chi connectivity index (χ1n) is 4.39. The Hall–Kier alpha value is -1.04. The highest BCUT2D eigenvalue weighted by molar-refractivity contribution is 7.99. The van der Waals surface area contributed by atoms with E-state index in [4.69, 9.17) is 0 Å². The number of carbonyl (C=O) groups excluding carboxylic acids is 1. The van der Waals surface area contributed by atoms with Crippen LogP contribution in [-0.4, -0.2) is 39.6 Å². The van der Waals surface area contributed by atoms with Gasteiger partial charge in [-0.15, -0.1) is 5.10 Å². The average Bonchev–Trinajstić information content (AvgIpc) is 2.86. The van der Waals surface area contributed by atoms with Gasteiger partial charge in [-0.3, -0.25) is 0 Å². The predicted octanol–water partition coefficient (Wildman–Crippen LogP) is 0.743. The maximum absolute atomic E-state index is 11.1. The Balaban J connectivity index is 2.12. The molecule has 0 amide bonds. The van der Waals surface area contributed by atoms with E-state index in [0.717, 1.165) is 17.9 Å². The molecule has 1 atom stereocenters. The summed E-state index contributed by atoms with van der Waals surface area (Å²) in [7, 11) is 1.34. The van der Waals surface area contributed by atoms with Crippen molar-refractivity contribution >= 4 is 17.7 Å². The Labute approximate surface area is 85.8 Å². The molecule has 0 N–H and O–H groups in total. The number of hydrogen-bond acceptors (Lipinski definition) is 5. The summed E-state index contributed by atoms with van der Waals surface area (Å²) < 4.78 is 6.31. The number of esters is 1. The zero-order valence-electron chi connectivity index (χ0n) is 7.84. The number of methoxy groups -OCH3 is 1. The molecule has 1 saturated heterocycles. The van der Waals surface area contributed by atoms with Gasteiger partial charge in [0.2, 0.25) is 0 Å². The van der Waals surface area contributed by atoms with E-state index in [9.17, 15) is 4.79 Å². The van der Waals surface area contributed by atoms with Crippen molar-refractivity contribution in [1.29, 1.82) is 0 Å². The lowest BCUT2D eigenvalue weighted by atomic mass is 10.3. The number of hydrogen-bond donors (Lipinski definition) is 0. The van der Waals surface area contributed by atoms with Gasteiger partial charge in [0.05, 0.1) is 19.3 Å². The van der Waals surface area contributed by atoms with Gasteiger partial charge in [-0.2, -0.15) is 11.8 Å². The first kappa shape index (κ1) is 9.51. The summed E-state index contributed by atoms with van der Waals surface area (Å²) in [5.74, 6) is 1.77. The maximum Gasteiger partial charge on any atom is 0.360 e. The van der Waals surface area contributed by atoms with Crippen molar-refractivity contribution in [3.63, 3.8) is 0 Å². The normalized spacial score (nSPS) is 21.1. The van der Waals surface area contributed by atoms with Crippen LogP contribution in [0.4, 0.5) is 0 Å². The maximum atomic E-state index is 11.1. The fraction of sp³-hybridized carbons (Fsp3) is 0.625. The minimum Gasteiger partial charge on any atom is -0.464 e. The fourth-order valence-electron chi connectivity index (χ4n) is 1.38. The molecule has 1 unspecified atom stereocenters. The van der Waals surface area contributed by atoms with Crippen LogP contribution in [0, 0.1) is 0 Å². The highest BCUT2D eigenvalue weighted by Crippen LogP contribution is 2.26. The largest absolute Gasteiger partial charge is 0.464 e. The lowest BCUT2D eigenvalue weighted by Crippen LogP contribution is -2.08. The topological polar surface area (TPSA) is 57.0 Å². The Bertz CT molecular complexity index is 333. The molecule has 1 aliphatic heterocycles. The molecular formula is C8H11N3O2S.